The summed E-state index contributed by atoms with van der Waals surface area (Å²) in [5.74, 6) is 0.196. The summed E-state index contributed by atoms with van der Waals surface area (Å²) in [6, 6.07) is -0.216. The maximum atomic E-state index is 12.4. The fraction of sp³-hybridized carbons (Fsp3) is 0.846. The van der Waals surface area contributed by atoms with Crippen LogP contribution in [0.2, 0.25) is 0 Å². The standard InChI is InChI=1S/C13H21N3O3/c17-12-9-15(8-10-7-14-4-6-19-10)13(18)11-3-1-2-5-16(11)12/h10-11,14H,1-9H2. The Morgan fingerprint density at radius 3 is 3.00 bits per heavy atom. The minimum absolute atomic E-state index is 0.0145. The first-order chi connectivity index (χ1) is 9.25. The molecule has 0 aliphatic carbocycles. The van der Waals surface area contributed by atoms with Gasteiger partial charge in [-0.25, -0.2) is 0 Å². The van der Waals surface area contributed by atoms with Gasteiger partial charge in [0.1, 0.15) is 6.04 Å². The molecule has 3 rings (SSSR count). The highest BCUT2D eigenvalue weighted by Gasteiger charge is 2.40. The summed E-state index contributed by atoms with van der Waals surface area (Å²) in [5.41, 5.74) is 0. The Morgan fingerprint density at radius 2 is 2.21 bits per heavy atom. The first-order valence-corrected chi connectivity index (χ1v) is 7.16. The fourth-order valence-corrected chi connectivity index (χ4v) is 3.17. The number of carbonyl (C=O) groups is 2. The van der Waals surface area contributed by atoms with Crippen molar-refractivity contribution in [3.8, 4) is 0 Å². The minimum Gasteiger partial charge on any atom is -0.374 e. The van der Waals surface area contributed by atoms with Gasteiger partial charge in [0.2, 0.25) is 11.8 Å². The quantitative estimate of drug-likeness (QED) is 0.711. The smallest absolute Gasteiger partial charge is 0.245 e. The molecule has 2 atom stereocenters. The van der Waals surface area contributed by atoms with Gasteiger partial charge in [-0.05, 0) is 19.3 Å². The van der Waals surface area contributed by atoms with Crippen molar-refractivity contribution in [1.29, 1.82) is 0 Å². The molecule has 3 heterocycles. The molecule has 3 fully saturated rings. The average Bonchev–Trinajstić information content (AvgIpc) is 2.46. The van der Waals surface area contributed by atoms with Gasteiger partial charge in [0.25, 0.3) is 0 Å². The van der Waals surface area contributed by atoms with Crippen LogP contribution in [0.15, 0.2) is 0 Å². The van der Waals surface area contributed by atoms with Crippen LogP contribution in [0.25, 0.3) is 0 Å². The number of nitrogens with zero attached hydrogens (tertiary/aromatic N) is 2. The van der Waals surface area contributed by atoms with Gasteiger partial charge in [-0.1, -0.05) is 0 Å². The van der Waals surface area contributed by atoms with E-state index in [1.54, 1.807) is 9.80 Å². The second kappa shape index (κ2) is 5.46. The molecule has 106 valence electrons. The largest absolute Gasteiger partial charge is 0.374 e. The third-order valence-corrected chi connectivity index (χ3v) is 4.17. The molecule has 2 unspecified atom stereocenters. The van der Waals surface area contributed by atoms with E-state index in [1.165, 1.54) is 0 Å². The van der Waals surface area contributed by atoms with E-state index in [0.29, 0.717) is 13.2 Å². The van der Waals surface area contributed by atoms with Crippen LogP contribution in [0.4, 0.5) is 0 Å². The highest BCUT2D eigenvalue weighted by Crippen LogP contribution is 2.23. The summed E-state index contributed by atoms with van der Waals surface area (Å²) in [6.07, 6.45) is 2.88. The molecule has 3 aliphatic heterocycles. The Hall–Kier alpha value is -1.14. The number of hydrogen-bond donors (Lipinski definition) is 1. The van der Waals surface area contributed by atoms with Gasteiger partial charge < -0.3 is 19.9 Å². The predicted octanol–water partition coefficient (Wildman–Crippen LogP) is -0.802. The Bertz CT molecular complexity index is 368. The highest BCUT2D eigenvalue weighted by atomic mass is 16.5. The SMILES string of the molecule is O=C1C2CCCCN2C(=O)CN1CC1CNCCO1. The summed E-state index contributed by atoms with van der Waals surface area (Å²) in [6.45, 7) is 3.78. The second-order valence-electron chi connectivity index (χ2n) is 5.51. The van der Waals surface area contributed by atoms with Gasteiger partial charge in [0.05, 0.1) is 19.3 Å². The zero-order chi connectivity index (χ0) is 13.2. The van der Waals surface area contributed by atoms with Crippen molar-refractivity contribution in [3.63, 3.8) is 0 Å². The zero-order valence-electron chi connectivity index (χ0n) is 11.1. The van der Waals surface area contributed by atoms with E-state index in [-0.39, 0.29) is 30.5 Å². The number of ether oxygens (including phenoxy) is 1. The van der Waals surface area contributed by atoms with Gasteiger partial charge in [0, 0.05) is 26.2 Å². The Labute approximate surface area is 113 Å². The first kappa shape index (κ1) is 12.9. The fourth-order valence-electron chi connectivity index (χ4n) is 3.17. The monoisotopic (exact) mass is 267 g/mol. The maximum Gasteiger partial charge on any atom is 0.245 e. The molecule has 3 saturated heterocycles. The first-order valence-electron chi connectivity index (χ1n) is 7.16. The Balaban J connectivity index is 1.65. The molecule has 2 amide bonds. The highest BCUT2D eigenvalue weighted by molar-refractivity contribution is 5.95. The minimum atomic E-state index is -0.216. The number of rotatable bonds is 2. The molecule has 0 aromatic carbocycles. The Morgan fingerprint density at radius 1 is 1.32 bits per heavy atom. The zero-order valence-corrected chi connectivity index (χ0v) is 11.1. The lowest BCUT2D eigenvalue weighted by atomic mass is 9.98. The van der Waals surface area contributed by atoms with Crippen molar-refractivity contribution >= 4 is 11.8 Å². The van der Waals surface area contributed by atoms with Crippen molar-refractivity contribution in [2.24, 2.45) is 0 Å². The number of hydrogen-bond acceptors (Lipinski definition) is 4. The van der Waals surface area contributed by atoms with E-state index in [0.717, 1.165) is 38.9 Å². The molecule has 19 heavy (non-hydrogen) atoms. The van der Waals surface area contributed by atoms with Crippen LogP contribution in [-0.2, 0) is 14.3 Å². The molecule has 0 radical (unpaired) electrons. The van der Waals surface area contributed by atoms with E-state index >= 15 is 0 Å². The average molecular weight is 267 g/mol. The van der Waals surface area contributed by atoms with E-state index in [9.17, 15) is 9.59 Å². The Kier molecular flexibility index (Phi) is 3.70. The molecule has 0 spiro atoms. The van der Waals surface area contributed by atoms with Crippen LogP contribution >= 0.6 is 0 Å². The van der Waals surface area contributed by atoms with Crippen molar-refractivity contribution in [1.82, 2.24) is 15.1 Å². The van der Waals surface area contributed by atoms with Crippen LogP contribution in [0.5, 0.6) is 0 Å². The number of morpholine rings is 1. The van der Waals surface area contributed by atoms with Crippen LogP contribution in [0.3, 0.4) is 0 Å². The summed E-state index contributed by atoms with van der Waals surface area (Å²) >= 11 is 0. The molecule has 0 saturated carbocycles. The second-order valence-corrected chi connectivity index (χ2v) is 5.51. The summed E-state index contributed by atoms with van der Waals surface area (Å²) < 4.78 is 5.62. The van der Waals surface area contributed by atoms with Crippen molar-refractivity contribution in [2.75, 3.05) is 39.3 Å². The van der Waals surface area contributed by atoms with Gasteiger partial charge in [-0.15, -0.1) is 0 Å². The van der Waals surface area contributed by atoms with E-state index in [2.05, 4.69) is 5.32 Å². The van der Waals surface area contributed by atoms with Crippen LogP contribution in [0, 0.1) is 0 Å². The third-order valence-electron chi connectivity index (χ3n) is 4.17. The number of amides is 2. The van der Waals surface area contributed by atoms with Gasteiger partial charge >= 0.3 is 0 Å². The lowest BCUT2D eigenvalue weighted by Gasteiger charge is -2.43. The number of fused-ring (bicyclic) bond motifs is 1. The van der Waals surface area contributed by atoms with Crippen molar-refractivity contribution in [3.05, 3.63) is 0 Å². The van der Waals surface area contributed by atoms with Crippen molar-refractivity contribution in [2.45, 2.75) is 31.4 Å². The summed E-state index contributed by atoms with van der Waals surface area (Å²) in [5, 5.41) is 3.25. The molecule has 1 N–H and O–H groups in total. The third kappa shape index (κ3) is 2.60. The lowest BCUT2D eigenvalue weighted by Crippen LogP contribution is -2.62. The number of nitrogens with one attached hydrogen (secondary N) is 1. The lowest BCUT2D eigenvalue weighted by molar-refractivity contribution is -0.159. The van der Waals surface area contributed by atoms with Crippen LogP contribution in [0.1, 0.15) is 19.3 Å². The molecule has 6 nitrogen and oxygen atoms in total. The number of piperidine rings is 1. The maximum absolute atomic E-state index is 12.4. The van der Waals surface area contributed by atoms with Gasteiger partial charge in [-0.3, -0.25) is 9.59 Å². The molecule has 0 aromatic heterocycles. The van der Waals surface area contributed by atoms with Gasteiger partial charge in [0.15, 0.2) is 0 Å². The molecule has 0 bridgehead atoms. The van der Waals surface area contributed by atoms with Crippen LogP contribution in [-0.4, -0.2) is 73.1 Å². The molecular weight excluding hydrogens is 246 g/mol. The van der Waals surface area contributed by atoms with Crippen molar-refractivity contribution < 1.29 is 14.3 Å². The van der Waals surface area contributed by atoms with E-state index in [4.69, 9.17) is 4.74 Å². The summed E-state index contributed by atoms with van der Waals surface area (Å²) in [7, 11) is 0. The molecule has 6 heteroatoms. The van der Waals surface area contributed by atoms with Crippen LogP contribution < -0.4 is 5.32 Å². The molecule has 3 aliphatic rings. The number of carbonyl (C=O) groups excluding carboxylic acids is 2. The normalized spacial score (nSPS) is 32.4. The number of piperazine rings is 1. The summed E-state index contributed by atoms with van der Waals surface area (Å²) in [4.78, 5) is 28.0. The molecular formula is C13H21N3O3. The molecule has 0 aromatic rings. The topological polar surface area (TPSA) is 61.9 Å². The van der Waals surface area contributed by atoms with E-state index in [1.807, 2.05) is 0 Å². The predicted molar refractivity (Wildman–Crippen MR) is 68.5 cm³/mol. The van der Waals surface area contributed by atoms with Gasteiger partial charge in [-0.2, -0.15) is 0 Å². The van der Waals surface area contributed by atoms with E-state index < -0.39 is 0 Å².